The quantitative estimate of drug-likeness (QED) is 0.406. The predicted molar refractivity (Wildman–Crippen MR) is 93.9 cm³/mol. The van der Waals surface area contributed by atoms with Crippen molar-refractivity contribution >= 4 is 11.7 Å². The molecule has 5 nitrogen and oxygen atoms in total. The highest BCUT2D eigenvalue weighted by Crippen LogP contribution is 2.23. The lowest BCUT2D eigenvalue weighted by Crippen LogP contribution is -2.33. The Kier molecular flexibility index (Phi) is 8.48. The van der Waals surface area contributed by atoms with Gasteiger partial charge in [0, 0.05) is 6.54 Å². The number of rotatable bonds is 10. The number of carbonyl (C=O) groups excluding carboxylic acids is 1. The number of esters is 1. The Morgan fingerprint density at radius 3 is 2.57 bits per heavy atom. The maximum atomic E-state index is 12.3. The molecule has 0 aliphatic carbocycles. The highest BCUT2D eigenvalue weighted by molar-refractivity contribution is 5.90. The number of nitrogens with two attached hydrogens (primary N) is 1. The van der Waals surface area contributed by atoms with Crippen LogP contribution in [0.5, 0.6) is 5.75 Å². The van der Waals surface area contributed by atoms with Crippen molar-refractivity contribution < 1.29 is 14.3 Å². The monoisotopic (exact) mass is 322 g/mol. The third kappa shape index (κ3) is 6.48. The summed E-state index contributed by atoms with van der Waals surface area (Å²) in [6, 6.07) is 5.03. The van der Waals surface area contributed by atoms with Gasteiger partial charge in [-0.15, -0.1) is 0 Å². The van der Waals surface area contributed by atoms with Gasteiger partial charge in [-0.05, 0) is 44.6 Å². The van der Waals surface area contributed by atoms with E-state index in [1.165, 1.54) is 0 Å². The summed E-state index contributed by atoms with van der Waals surface area (Å²) < 4.78 is 11.1. The fourth-order valence-corrected chi connectivity index (χ4v) is 2.25. The summed E-state index contributed by atoms with van der Waals surface area (Å²) in [6.45, 7) is 11.4. The van der Waals surface area contributed by atoms with Crippen LogP contribution in [0.3, 0.4) is 0 Å². The molecule has 1 rings (SSSR count). The minimum atomic E-state index is -0.343. The standard InChI is InChI=1S/C18H30N2O3/c1-5-8-11-22-17-12-15(9-10-16(17)19)18(21)23-14(4)13-20(6-2)7-3/h9-10,12,14H,5-8,11,13,19H2,1-4H3. The Bertz CT molecular complexity index is 487. The number of ether oxygens (including phenoxy) is 2. The molecule has 0 aliphatic rings. The number of likely N-dealkylation sites (N-methyl/N-ethyl adjacent to an activating group) is 1. The fourth-order valence-electron chi connectivity index (χ4n) is 2.25. The number of hydrogen-bond acceptors (Lipinski definition) is 5. The van der Waals surface area contributed by atoms with E-state index in [2.05, 4.69) is 25.7 Å². The molecule has 0 saturated carbocycles. The van der Waals surface area contributed by atoms with Crippen molar-refractivity contribution in [2.75, 3.05) is 32.0 Å². The number of carbonyl (C=O) groups is 1. The number of unbranched alkanes of at least 4 members (excludes halogenated alkanes) is 1. The molecule has 0 heterocycles. The maximum Gasteiger partial charge on any atom is 0.338 e. The largest absolute Gasteiger partial charge is 0.491 e. The van der Waals surface area contributed by atoms with E-state index in [-0.39, 0.29) is 12.1 Å². The average Bonchev–Trinajstić information content (AvgIpc) is 2.54. The molecule has 0 amide bonds. The zero-order valence-electron chi connectivity index (χ0n) is 14.8. The zero-order valence-corrected chi connectivity index (χ0v) is 14.8. The first kappa shape index (κ1) is 19.3. The van der Waals surface area contributed by atoms with E-state index in [1.807, 2.05) is 6.92 Å². The predicted octanol–water partition coefficient (Wildman–Crippen LogP) is 3.33. The third-order valence-electron chi connectivity index (χ3n) is 3.72. The fraction of sp³-hybridized carbons (Fsp3) is 0.611. The van der Waals surface area contributed by atoms with Crippen molar-refractivity contribution in [2.24, 2.45) is 0 Å². The van der Waals surface area contributed by atoms with E-state index >= 15 is 0 Å². The zero-order chi connectivity index (χ0) is 17.2. The molecular weight excluding hydrogens is 292 g/mol. The van der Waals surface area contributed by atoms with Gasteiger partial charge in [0.25, 0.3) is 0 Å². The molecule has 0 aliphatic heterocycles. The molecule has 23 heavy (non-hydrogen) atoms. The highest BCUT2D eigenvalue weighted by atomic mass is 16.5. The summed E-state index contributed by atoms with van der Waals surface area (Å²) in [4.78, 5) is 14.5. The van der Waals surface area contributed by atoms with Crippen LogP contribution in [0.1, 0.15) is 50.9 Å². The van der Waals surface area contributed by atoms with Gasteiger partial charge in [0.1, 0.15) is 11.9 Å². The highest BCUT2D eigenvalue weighted by Gasteiger charge is 2.15. The first-order valence-corrected chi connectivity index (χ1v) is 8.47. The van der Waals surface area contributed by atoms with Crippen LogP contribution >= 0.6 is 0 Å². The Balaban J connectivity index is 2.66. The number of nitrogens with zero attached hydrogens (tertiary/aromatic N) is 1. The van der Waals surface area contributed by atoms with Crippen molar-refractivity contribution in [1.82, 2.24) is 4.90 Å². The second-order valence-electron chi connectivity index (χ2n) is 5.66. The van der Waals surface area contributed by atoms with E-state index in [0.29, 0.717) is 23.6 Å². The summed E-state index contributed by atoms with van der Waals surface area (Å²) >= 11 is 0. The molecule has 1 aromatic rings. The summed E-state index contributed by atoms with van der Waals surface area (Å²) in [7, 11) is 0. The lowest BCUT2D eigenvalue weighted by Gasteiger charge is -2.22. The second kappa shape index (κ2) is 10.1. The number of benzene rings is 1. The van der Waals surface area contributed by atoms with Crippen LogP contribution in [0, 0.1) is 0 Å². The van der Waals surface area contributed by atoms with Crippen LogP contribution in [0.25, 0.3) is 0 Å². The lowest BCUT2D eigenvalue weighted by atomic mass is 10.2. The Labute approximate surface area is 139 Å². The van der Waals surface area contributed by atoms with Gasteiger partial charge >= 0.3 is 5.97 Å². The number of anilines is 1. The maximum absolute atomic E-state index is 12.3. The van der Waals surface area contributed by atoms with Gasteiger partial charge in [0.05, 0.1) is 17.9 Å². The van der Waals surface area contributed by atoms with Gasteiger partial charge in [0.15, 0.2) is 0 Å². The Hall–Kier alpha value is -1.75. The molecule has 1 aromatic carbocycles. The van der Waals surface area contributed by atoms with Gasteiger partial charge in [-0.25, -0.2) is 4.79 Å². The molecule has 1 unspecified atom stereocenters. The van der Waals surface area contributed by atoms with Gasteiger partial charge < -0.3 is 20.1 Å². The van der Waals surface area contributed by atoms with Gasteiger partial charge in [0.2, 0.25) is 0 Å². The van der Waals surface area contributed by atoms with Crippen molar-refractivity contribution in [3.8, 4) is 5.75 Å². The van der Waals surface area contributed by atoms with E-state index < -0.39 is 0 Å². The Morgan fingerprint density at radius 2 is 1.96 bits per heavy atom. The summed E-state index contributed by atoms with van der Waals surface area (Å²) in [5.41, 5.74) is 6.90. The number of hydrogen-bond donors (Lipinski definition) is 1. The van der Waals surface area contributed by atoms with Crippen LogP contribution < -0.4 is 10.5 Å². The molecule has 0 bridgehead atoms. The average molecular weight is 322 g/mol. The molecule has 0 spiro atoms. The lowest BCUT2D eigenvalue weighted by molar-refractivity contribution is 0.0260. The normalized spacial score (nSPS) is 12.2. The topological polar surface area (TPSA) is 64.8 Å². The molecule has 2 N–H and O–H groups in total. The van der Waals surface area contributed by atoms with E-state index in [4.69, 9.17) is 15.2 Å². The van der Waals surface area contributed by atoms with Crippen LogP contribution in [0.4, 0.5) is 5.69 Å². The first-order valence-electron chi connectivity index (χ1n) is 8.47. The molecule has 0 aromatic heterocycles. The molecule has 1 atom stereocenters. The molecule has 5 heteroatoms. The van der Waals surface area contributed by atoms with Gasteiger partial charge in [-0.3, -0.25) is 0 Å². The molecule has 0 radical (unpaired) electrons. The van der Waals surface area contributed by atoms with Gasteiger partial charge in [-0.1, -0.05) is 27.2 Å². The summed E-state index contributed by atoms with van der Waals surface area (Å²) in [5, 5.41) is 0. The van der Waals surface area contributed by atoms with E-state index in [9.17, 15) is 4.79 Å². The second-order valence-corrected chi connectivity index (χ2v) is 5.66. The van der Waals surface area contributed by atoms with Crippen molar-refractivity contribution in [2.45, 2.75) is 46.6 Å². The molecule has 0 fully saturated rings. The van der Waals surface area contributed by atoms with Gasteiger partial charge in [-0.2, -0.15) is 0 Å². The summed E-state index contributed by atoms with van der Waals surface area (Å²) in [6.07, 6.45) is 1.84. The molecule has 0 saturated heterocycles. The van der Waals surface area contributed by atoms with Crippen molar-refractivity contribution in [1.29, 1.82) is 0 Å². The third-order valence-corrected chi connectivity index (χ3v) is 3.72. The van der Waals surface area contributed by atoms with E-state index in [0.717, 1.165) is 32.5 Å². The van der Waals surface area contributed by atoms with Crippen molar-refractivity contribution in [3.05, 3.63) is 23.8 Å². The van der Waals surface area contributed by atoms with Crippen LogP contribution in [0.2, 0.25) is 0 Å². The minimum Gasteiger partial charge on any atom is -0.491 e. The van der Waals surface area contributed by atoms with Crippen LogP contribution in [-0.4, -0.2) is 43.2 Å². The van der Waals surface area contributed by atoms with Crippen molar-refractivity contribution in [3.63, 3.8) is 0 Å². The minimum absolute atomic E-state index is 0.163. The Morgan fingerprint density at radius 1 is 1.26 bits per heavy atom. The smallest absolute Gasteiger partial charge is 0.338 e. The van der Waals surface area contributed by atoms with E-state index in [1.54, 1.807) is 18.2 Å². The summed E-state index contributed by atoms with van der Waals surface area (Å²) in [5.74, 6) is 0.203. The van der Waals surface area contributed by atoms with Crippen LogP contribution in [0.15, 0.2) is 18.2 Å². The van der Waals surface area contributed by atoms with Crippen LogP contribution in [-0.2, 0) is 4.74 Å². The number of nitrogen functional groups attached to an aromatic ring is 1. The molecule has 130 valence electrons. The molecular formula is C18H30N2O3. The first-order chi connectivity index (χ1) is 11.0. The SMILES string of the molecule is CCCCOc1cc(C(=O)OC(C)CN(CC)CC)ccc1N.